The maximum atomic E-state index is 12.4. The molecule has 0 spiro atoms. The predicted molar refractivity (Wildman–Crippen MR) is 94.2 cm³/mol. The minimum atomic E-state index is -1.54. The molecule has 0 amide bonds. The largest absolute Gasteiger partial charge is 0.497 e. The van der Waals surface area contributed by atoms with Crippen molar-refractivity contribution in [2.24, 2.45) is 0 Å². The van der Waals surface area contributed by atoms with Gasteiger partial charge in [0.2, 0.25) is 0 Å². The van der Waals surface area contributed by atoms with Gasteiger partial charge in [-0.3, -0.25) is 0 Å². The first kappa shape index (κ1) is 18.3. The van der Waals surface area contributed by atoms with E-state index in [4.69, 9.17) is 14.2 Å². The standard InChI is InChI=1S/C18H22O5S/c1-12(2)8-9-22-15-11-14(21-5)7-6-13(15)10-16-17(19)23-18(3,4)24(16)20/h6-8,10-11H,9H2,1-5H3/b16-10-. The van der Waals surface area contributed by atoms with Gasteiger partial charge in [-0.15, -0.1) is 0 Å². The molecule has 1 fully saturated rings. The smallest absolute Gasteiger partial charge is 0.348 e. The maximum Gasteiger partial charge on any atom is 0.348 e. The fourth-order valence-electron chi connectivity index (χ4n) is 2.09. The molecule has 1 aliphatic heterocycles. The lowest BCUT2D eigenvalue weighted by atomic mass is 10.1. The third kappa shape index (κ3) is 4.06. The number of esters is 1. The second-order valence-electron chi connectivity index (χ2n) is 6.06. The van der Waals surface area contributed by atoms with Gasteiger partial charge in [0.15, 0.2) is 4.93 Å². The predicted octanol–water partition coefficient (Wildman–Crippen LogP) is 3.42. The van der Waals surface area contributed by atoms with Gasteiger partial charge < -0.3 is 14.2 Å². The number of carbonyl (C=O) groups is 1. The molecule has 0 aromatic heterocycles. The zero-order valence-electron chi connectivity index (χ0n) is 14.5. The van der Waals surface area contributed by atoms with Gasteiger partial charge in [0.25, 0.3) is 0 Å². The molecule has 1 aliphatic rings. The van der Waals surface area contributed by atoms with E-state index in [1.165, 1.54) is 0 Å². The van der Waals surface area contributed by atoms with Crippen molar-refractivity contribution in [1.29, 1.82) is 0 Å². The number of cyclic esters (lactones) is 1. The zero-order valence-corrected chi connectivity index (χ0v) is 15.4. The molecule has 1 atom stereocenters. The third-order valence-electron chi connectivity index (χ3n) is 3.42. The lowest BCUT2D eigenvalue weighted by Gasteiger charge is -2.12. The van der Waals surface area contributed by atoms with Crippen LogP contribution >= 0.6 is 0 Å². The lowest BCUT2D eigenvalue weighted by molar-refractivity contribution is -0.141. The van der Waals surface area contributed by atoms with E-state index in [1.807, 2.05) is 19.9 Å². The molecular weight excluding hydrogens is 328 g/mol. The van der Waals surface area contributed by atoms with Crippen LogP contribution in [0.25, 0.3) is 6.08 Å². The molecule has 0 bridgehead atoms. The topological polar surface area (TPSA) is 61.8 Å². The summed E-state index contributed by atoms with van der Waals surface area (Å²) >= 11 is 0. The van der Waals surface area contributed by atoms with Gasteiger partial charge in [-0.25, -0.2) is 9.00 Å². The van der Waals surface area contributed by atoms with E-state index < -0.39 is 21.7 Å². The number of rotatable bonds is 5. The van der Waals surface area contributed by atoms with Crippen LogP contribution in [0.4, 0.5) is 0 Å². The van der Waals surface area contributed by atoms with E-state index in [0.717, 1.165) is 5.57 Å². The molecule has 2 rings (SSSR count). The normalized spacial score (nSPS) is 20.6. The molecule has 0 N–H and O–H groups in total. The second-order valence-corrected chi connectivity index (χ2v) is 8.02. The Morgan fingerprint density at radius 3 is 2.58 bits per heavy atom. The number of hydrogen-bond acceptors (Lipinski definition) is 5. The Hall–Kier alpha value is -2.08. The van der Waals surface area contributed by atoms with E-state index in [-0.39, 0.29) is 4.91 Å². The van der Waals surface area contributed by atoms with Crippen molar-refractivity contribution in [3.8, 4) is 11.5 Å². The van der Waals surface area contributed by atoms with Crippen molar-refractivity contribution in [3.63, 3.8) is 0 Å². The minimum absolute atomic E-state index is 0.136. The molecule has 6 heteroatoms. The fraction of sp³-hybridized carbons (Fsp3) is 0.389. The number of hydrogen-bond donors (Lipinski definition) is 0. The first-order valence-electron chi connectivity index (χ1n) is 7.55. The SMILES string of the molecule is COc1ccc(/C=C2/C(=O)OC(C)(C)S2=O)c(OCC=C(C)C)c1. The lowest BCUT2D eigenvalue weighted by Crippen LogP contribution is -2.22. The molecule has 130 valence electrons. The van der Waals surface area contributed by atoms with Crippen molar-refractivity contribution >= 4 is 22.8 Å². The molecule has 1 heterocycles. The molecule has 1 aromatic carbocycles. The summed E-state index contributed by atoms with van der Waals surface area (Å²) < 4.78 is 28.5. The second kappa shape index (κ2) is 7.21. The average Bonchev–Trinajstić information content (AvgIpc) is 2.70. The van der Waals surface area contributed by atoms with E-state index in [2.05, 4.69) is 0 Å². The van der Waals surface area contributed by atoms with Crippen molar-refractivity contribution in [3.05, 3.63) is 40.3 Å². The number of methoxy groups -OCH3 is 1. The Balaban J connectivity index is 2.39. The molecule has 0 radical (unpaired) electrons. The highest BCUT2D eigenvalue weighted by Crippen LogP contribution is 2.34. The maximum absolute atomic E-state index is 12.4. The average molecular weight is 350 g/mol. The highest BCUT2D eigenvalue weighted by Gasteiger charge is 2.43. The summed E-state index contributed by atoms with van der Waals surface area (Å²) in [6.45, 7) is 7.62. The van der Waals surface area contributed by atoms with Crippen LogP contribution in [0.3, 0.4) is 0 Å². The first-order valence-corrected chi connectivity index (χ1v) is 8.70. The molecule has 1 saturated heterocycles. The van der Waals surface area contributed by atoms with Gasteiger partial charge in [0.1, 0.15) is 33.8 Å². The van der Waals surface area contributed by atoms with Crippen LogP contribution in [0.15, 0.2) is 34.8 Å². The van der Waals surface area contributed by atoms with Crippen molar-refractivity contribution in [1.82, 2.24) is 0 Å². The van der Waals surface area contributed by atoms with Gasteiger partial charge in [0, 0.05) is 11.6 Å². The van der Waals surface area contributed by atoms with Crippen LogP contribution in [-0.4, -0.2) is 28.8 Å². The molecule has 0 saturated carbocycles. The summed E-state index contributed by atoms with van der Waals surface area (Å²) in [5, 5.41) is 0. The van der Waals surface area contributed by atoms with Crippen molar-refractivity contribution in [2.75, 3.05) is 13.7 Å². The van der Waals surface area contributed by atoms with E-state index >= 15 is 0 Å². The van der Waals surface area contributed by atoms with Gasteiger partial charge in [-0.2, -0.15) is 0 Å². The minimum Gasteiger partial charge on any atom is -0.497 e. The third-order valence-corrected chi connectivity index (χ3v) is 5.08. The Morgan fingerprint density at radius 1 is 1.33 bits per heavy atom. The number of benzene rings is 1. The number of ether oxygens (including phenoxy) is 3. The Morgan fingerprint density at radius 2 is 2.04 bits per heavy atom. The van der Waals surface area contributed by atoms with Crippen LogP contribution in [0.2, 0.25) is 0 Å². The Labute approximate surface area is 144 Å². The monoisotopic (exact) mass is 350 g/mol. The highest BCUT2D eigenvalue weighted by atomic mass is 32.2. The fourth-order valence-corrected chi connectivity index (χ4v) is 3.20. The summed E-state index contributed by atoms with van der Waals surface area (Å²) in [6.07, 6.45) is 3.51. The molecule has 1 unspecified atom stereocenters. The quantitative estimate of drug-likeness (QED) is 0.462. The molecule has 5 nitrogen and oxygen atoms in total. The first-order chi connectivity index (χ1) is 11.2. The van der Waals surface area contributed by atoms with Crippen molar-refractivity contribution < 1.29 is 23.2 Å². The Kier molecular flexibility index (Phi) is 5.49. The molecule has 1 aromatic rings. The summed E-state index contributed by atoms with van der Waals surface area (Å²) in [5.41, 5.74) is 1.79. The van der Waals surface area contributed by atoms with Crippen LogP contribution < -0.4 is 9.47 Å². The van der Waals surface area contributed by atoms with Gasteiger partial charge in [-0.05, 0) is 52.0 Å². The summed E-state index contributed by atoms with van der Waals surface area (Å²) in [5.74, 6) is 0.623. The van der Waals surface area contributed by atoms with Crippen LogP contribution in [0, 0.1) is 0 Å². The number of carbonyl (C=O) groups excluding carboxylic acids is 1. The molecule has 0 aliphatic carbocycles. The van der Waals surface area contributed by atoms with Crippen LogP contribution in [0.1, 0.15) is 33.3 Å². The van der Waals surface area contributed by atoms with Gasteiger partial charge in [0.05, 0.1) is 7.11 Å². The highest BCUT2D eigenvalue weighted by molar-refractivity contribution is 7.91. The molecule has 24 heavy (non-hydrogen) atoms. The zero-order chi connectivity index (χ0) is 17.9. The molecular formula is C18H22O5S. The summed E-state index contributed by atoms with van der Waals surface area (Å²) in [7, 11) is 0.0293. The number of allylic oxidation sites excluding steroid dienone is 1. The van der Waals surface area contributed by atoms with E-state index in [1.54, 1.807) is 45.2 Å². The van der Waals surface area contributed by atoms with Crippen LogP contribution in [-0.2, 0) is 20.3 Å². The van der Waals surface area contributed by atoms with Crippen molar-refractivity contribution in [2.45, 2.75) is 32.6 Å². The summed E-state index contributed by atoms with van der Waals surface area (Å²) in [4.78, 5) is 11.1. The van der Waals surface area contributed by atoms with Crippen LogP contribution in [0.5, 0.6) is 11.5 Å². The van der Waals surface area contributed by atoms with Gasteiger partial charge in [-0.1, -0.05) is 5.57 Å². The van der Waals surface area contributed by atoms with E-state index in [9.17, 15) is 9.00 Å². The Bertz CT molecular complexity index is 727. The van der Waals surface area contributed by atoms with E-state index in [0.29, 0.717) is 23.7 Å². The summed E-state index contributed by atoms with van der Waals surface area (Å²) in [6, 6.07) is 5.26. The van der Waals surface area contributed by atoms with Gasteiger partial charge >= 0.3 is 5.97 Å².